The van der Waals surface area contributed by atoms with Crippen LogP contribution in [-0.4, -0.2) is 5.78 Å². The van der Waals surface area contributed by atoms with Crippen LogP contribution in [0.4, 0.5) is 0 Å². The van der Waals surface area contributed by atoms with Crippen molar-refractivity contribution < 1.29 is 30.1 Å². The Morgan fingerprint density at radius 2 is 1.29 bits per heavy atom. The van der Waals surface area contributed by atoms with Crippen LogP contribution in [0.5, 0.6) is 0 Å². The fourth-order valence-corrected chi connectivity index (χ4v) is 0. The van der Waals surface area contributed by atoms with Gasteiger partial charge in [-0.3, -0.25) is 0 Å². The first-order chi connectivity index (χ1) is 3.15. The summed E-state index contributed by atoms with van der Waals surface area (Å²) in [6.07, 6.45) is 0. The number of carbonyl (C=O) groups excluding carboxylic acids is 1. The molecule has 0 N–H and O–H groups in total. The van der Waals surface area contributed by atoms with Gasteiger partial charge in [0.1, 0.15) is 5.78 Å². The predicted molar refractivity (Wildman–Crippen MR) is 17.7 cm³/mol. The van der Waals surface area contributed by atoms with Crippen molar-refractivity contribution in [3.63, 3.8) is 0 Å². The van der Waals surface area contributed by atoms with Gasteiger partial charge >= 0.3 is 25.3 Å². The summed E-state index contributed by atoms with van der Waals surface area (Å²) >= 11 is -2.03. The standard InChI is InChI=1S/C3H6O.Mo.2O/c1-3(2)4;;;/h1-2H3;;;. The zero-order chi connectivity index (χ0) is 6.28. The van der Waals surface area contributed by atoms with Crippen molar-refractivity contribution in [2.45, 2.75) is 13.8 Å². The third-order valence-corrected chi connectivity index (χ3v) is 0. The molecule has 0 saturated carbocycles. The second kappa shape index (κ2) is 9.35. The molecule has 0 amide bonds. The van der Waals surface area contributed by atoms with Gasteiger partial charge in [-0.05, 0) is 13.8 Å². The van der Waals surface area contributed by atoms with Crippen molar-refractivity contribution in [1.29, 1.82) is 0 Å². The molecule has 0 unspecified atom stereocenters. The third-order valence-electron chi connectivity index (χ3n) is 0. The van der Waals surface area contributed by atoms with Gasteiger partial charge in [0.15, 0.2) is 0 Å². The molecule has 3 nitrogen and oxygen atoms in total. The van der Waals surface area contributed by atoms with E-state index >= 15 is 0 Å². The SMILES string of the molecule is CC(C)=O.[O]=[Mo]=[O]. The molecular weight excluding hydrogens is 180 g/mol. The number of hydrogen-bond donors (Lipinski definition) is 0. The Kier molecular flexibility index (Phi) is 13.4. The number of ketones is 1. The van der Waals surface area contributed by atoms with Crippen molar-refractivity contribution in [1.82, 2.24) is 0 Å². The van der Waals surface area contributed by atoms with Crippen molar-refractivity contribution in [2.24, 2.45) is 0 Å². The number of carbonyl (C=O) groups is 1. The van der Waals surface area contributed by atoms with Crippen LogP contribution in [0, 0.1) is 0 Å². The molecule has 0 aromatic heterocycles. The van der Waals surface area contributed by atoms with Gasteiger partial charge in [-0.1, -0.05) is 0 Å². The van der Waals surface area contributed by atoms with Crippen LogP contribution < -0.4 is 0 Å². The normalized spacial score (nSPS) is 5.43. The van der Waals surface area contributed by atoms with Crippen molar-refractivity contribution in [3.05, 3.63) is 0 Å². The minimum atomic E-state index is -2.03. The van der Waals surface area contributed by atoms with Crippen LogP contribution in [0.25, 0.3) is 0 Å². The molecule has 42 valence electrons. The predicted octanol–water partition coefficient (Wildman–Crippen LogP) is 0.355. The average molecular weight is 186 g/mol. The molecule has 0 spiro atoms. The summed E-state index contributed by atoms with van der Waals surface area (Å²) in [6.45, 7) is 3.06. The summed E-state index contributed by atoms with van der Waals surface area (Å²) in [7, 11) is 0. The molecule has 4 heteroatoms. The first kappa shape index (κ1) is 10.0. The Morgan fingerprint density at radius 3 is 1.29 bits per heavy atom. The Balaban J connectivity index is 0. The van der Waals surface area contributed by atoms with Crippen LogP contribution in [0.15, 0.2) is 0 Å². The summed E-state index contributed by atoms with van der Waals surface area (Å²) in [5.74, 6) is 0.167. The van der Waals surface area contributed by atoms with E-state index in [1.807, 2.05) is 0 Å². The molecule has 0 aromatic carbocycles. The molecule has 7 heavy (non-hydrogen) atoms. The maximum atomic E-state index is 9.44. The molecule has 0 bridgehead atoms. The molecule has 0 radical (unpaired) electrons. The van der Waals surface area contributed by atoms with E-state index in [9.17, 15) is 4.79 Å². The zero-order valence-corrected chi connectivity index (χ0v) is 6.14. The van der Waals surface area contributed by atoms with Gasteiger partial charge in [0.25, 0.3) is 0 Å². The monoisotopic (exact) mass is 188 g/mol. The van der Waals surface area contributed by atoms with Gasteiger partial charge in [0.05, 0.1) is 0 Å². The van der Waals surface area contributed by atoms with Crippen LogP contribution >= 0.6 is 0 Å². The molecule has 0 aromatic rings. The van der Waals surface area contributed by atoms with Gasteiger partial charge in [0.2, 0.25) is 0 Å². The molecule has 0 fully saturated rings. The number of rotatable bonds is 0. The summed E-state index contributed by atoms with van der Waals surface area (Å²) in [4.78, 5) is 9.44. The molecule has 0 aliphatic rings. The van der Waals surface area contributed by atoms with Gasteiger partial charge in [-0.15, -0.1) is 0 Å². The first-order valence-corrected chi connectivity index (χ1v) is 3.18. The van der Waals surface area contributed by atoms with Crippen molar-refractivity contribution in [3.8, 4) is 0 Å². The van der Waals surface area contributed by atoms with Crippen LogP contribution in [-0.2, 0) is 30.1 Å². The van der Waals surface area contributed by atoms with Crippen molar-refractivity contribution >= 4 is 5.78 Å². The summed E-state index contributed by atoms with van der Waals surface area (Å²) in [5, 5.41) is 0. The molecule has 0 saturated heterocycles. The Morgan fingerprint density at radius 1 is 1.29 bits per heavy atom. The van der Waals surface area contributed by atoms with E-state index in [1.54, 1.807) is 0 Å². The van der Waals surface area contributed by atoms with E-state index in [0.29, 0.717) is 0 Å². The molecule has 0 aliphatic carbocycles. The fourth-order valence-electron chi connectivity index (χ4n) is 0. The van der Waals surface area contributed by atoms with Gasteiger partial charge in [-0.2, -0.15) is 0 Å². The zero-order valence-electron chi connectivity index (χ0n) is 4.13. The summed E-state index contributed by atoms with van der Waals surface area (Å²) < 4.78 is 17.0. The summed E-state index contributed by atoms with van der Waals surface area (Å²) in [6, 6.07) is 0. The first-order valence-electron chi connectivity index (χ1n) is 1.54. The van der Waals surface area contributed by atoms with Gasteiger partial charge in [0, 0.05) is 0 Å². The average Bonchev–Trinajstić information content (AvgIpc) is 1.33. The van der Waals surface area contributed by atoms with Crippen LogP contribution in [0.3, 0.4) is 0 Å². The maximum absolute atomic E-state index is 9.44. The van der Waals surface area contributed by atoms with Crippen LogP contribution in [0.2, 0.25) is 0 Å². The second-order valence-electron chi connectivity index (χ2n) is 0.976. The molecular formula is C3H6MoO3. The van der Waals surface area contributed by atoms with Gasteiger partial charge < -0.3 is 4.79 Å². The van der Waals surface area contributed by atoms with E-state index in [1.165, 1.54) is 13.8 Å². The van der Waals surface area contributed by atoms with E-state index in [0.717, 1.165) is 0 Å². The van der Waals surface area contributed by atoms with E-state index < -0.39 is 18.5 Å². The molecule has 0 rings (SSSR count). The Hall–Kier alpha value is -0.0417. The quantitative estimate of drug-likeness (QED) is 0.513. The van der Waals surface area contributed by atoms with E-state index in [-0.39, 0.29) is 5.78 Å². The van der Waals surface area contributed by atoms with Crippen LogP contribution in [0.1, 0.15) is 13.8 Å². The van der Waals surface area contributed by atoms with E-state index in [2.05, 4.69) is 0 Å². The van der Waals surface area contributed by atoms with Crippen molar-refractivity contribution in [2.75, 3.05) is 0 Å². The topological polar surface area (TPSA) is 51.2 Å². The van der Waals surface area contributed by atoms with E-state index in [4.69, 9.17) is 6.80 Å². The second-order valence-corrected chi connectivity index (χ2v) is 1.31. The Labute approximate surface area is 50.2 Å². The molecule has 0 heterocycles. The Bertz CT molecular complexity index is 78.2. The third kappa shape index (κ3) is 53700. The number of Topliss-reactive ketones (excluding diaryl/α,β-unsaturated/α-hetero) is 1. The molecule has 0 aliphatic heterocycles. The fraction of sp³-hybridized carbons (Fsp3) is 0.667. The van der Waals surface area contributed by atoms with Gasteiger partial charge in [-0.25, -0.2) is 0 Å². The molecule has 0 atom stereocenters. The minimum absolute atomic E-state index is 0.167. The summed E-state index contributed by atoms with van der Waals surface area (Å²) in [5.41, 5.74) is 0. The number of hydrogen-bond acceptors (Lipinski definition) is 3.